The maximum atomic E-state index is 11.7. The topological polar surface area (TPSA) is 61.4 Å². The number of amides is 2. The zero-order valence-corrected chi connectivity index (χ0v) is 12.2. The number of carbonyl (C=O) groups is 1. The molecule has 5 heteroatoms. The molecule has 4 nitrogen and oxygen atoms in total. The van der Waals surface area contributed by atoms with Gasteiger partial charge in [-0.05, 0) is 30.9 Å². The molecule has 1 aromatic rings. The monoisotopic (exact) mass is 296 g/mol. The third-order valence-electron chi connectivity index (χ3n) is 3.96. The van der Waals surface area contributed by atoms with Gasteiger partial charge in [0, 0.05) is 30.1 Å². The summed E-state index contributed by atoms with van der Waals surface area (Å²) < 4.78 is 0. The second kappa shape index (κ2) is 6.95. The van der Waals surface area contributed by atoms with Crippen LogP contribution < -0.4 is 10.6 Å². The van der Waals surface area contributed by atoms with E-state index in [0.717, 1.165) is 23.4 Å². The minimum Gasteiger partial charge on any atom is -0.396 e. The summed E-state index contributed by atoms with van der Waals surface area (Å²) >= 11 is 6.28. The molecular weight excluding hydrogens is 276 g/mol. The average Bonchev–Trinajstić information content (AvgIpc) is 2.40. The van der Waals surface area contributed by atoms with Crippen LogP contribution in [0.5, 0.6) is 0 Å². The molecule has 0 radical (unpaired) electrons. The normalized spacial score (nSPS) is 16.3. The molecule has 0 spiro atoms. The predicted molar refractivity (Wildman–Crippen MR) is 80.1 cm³/mol. The number of benzene rings is 1. The number of aliphatic hydroxyl groups excluding tert-OH is 1. The fourth-order valence-electron chi connectivity index (χ4n) is 2.63. The highest BCUT2D eigenvalue weighted by Gasteiger charge is 2.40. The van der Waals surface area contributed by atoms with Crippen LogP contribution in [0.3, 0.4) is 0 Å². The number of rotatable bonds is 6. The van der Waals surface area contributed by atoms with Crippen molar-refractivity contribution in [2.75, 3.05) is 19.7 Å². The first-order chi connectivity index (χ1) is 9.68. The summed E-state index contributed by atoms with van der Waals surface area (Å²) in [7, 11) is 0. The Balaban J connectivity index is 1.92. The maximum absolute atomic E-state index is 11.7. The Bertz CT molecular complexity index is 461. The van der Waals surface area contributed by atoms with E-state index in [4.69, 9.17) is 16.7 Å². The van der Waals surface area contributed by atoms with Crippen molar-refractivity contribution in [3.63, 3.8) is 0 Å². The predicted octanol–water partition coefficient (Wildman–Crippen LogP) is 2.44. The Morgan fingerprint density at radius 1 is 1.30 bits per heavy atom. The number of hydrogen-bond acceptors (Lipinski definition) is 2. The van der Waals surface area contributed by atoms with Gasteiger partial charge in [0.15, 0.2) is 0 Å². The van der Waals surface area contributed by atoms with Crippen molar-refractivity contribution in [2.24, 2.45) is 0 Å². The number of hydrogen-bond donors (Lipinski definition) is 3. The third-order valence-corrected chi connectivity index (χ3v) is 4.29. The second-order valence-corrected chi connectivity index (χ2v) is 5.71. The number of nitrogens with one attached hydrogen (secondary N) is 2. The molecule has 1 fully saturated rings. The van der Waals surface area contributed by atoms with Gasteiger partial charge in [-0.25, -0.2) is 4.79 Å². The van der Waals surface area contributed by atoms with Crippen LogP contribution in [0.1, 0.15) is 31.2 Å². The van der Waals surface area contributed by atoms with Crippen molar-refractivity contribution in [3.05, 3.63) is 34.9 Å². The summed E-state index contributed by atoms with van der Waals surface area (Å²) in [5.41, 5.74) is 1.11. The van der Waals surface area contributed by atoms with Crippen molar-refractivity contribution >= 4 is 17.6 Å². The summed E-state index contributed by atoms with van der Waals surface area (Å²) in [6.07, 6.45) is 3.84. The van der Waals surface area contributed by atoms with Crippen LogP contribution in [0, 0.1) is 0 Å². The molecule has 0 atom stereocenters. The SMILES string of the molecule is O=C(NCCCO)NCC1(c2ccccc2Cl)CCC1. The Kier molecular flexibility index (Phi) is 5.26. The zero-order valence-electron chi connectivity index (χ0n) is 11.5. The van der Waals surface area contributed by atoms with Gasteiger partial charge in [-0.2, -0.15) is 0 Å². The van der Waals surface area contributed by atoms with Crippen molar-refractivity contribution in [1.29, 1.82) is 0 Å². The molecule has 110 valence electrons. The van der Waals surface area contributed by atoms with Crippen LogP contribution in [-0.4, -0.2) is 30.8 Å². The highest BCUT2D eigenvalue weighted by molar-refractivity contribution is 6.31. The lowest BCUT2D eigenvalue weighted by molar-refractivity contribution is 0.214. The largest absolute Gasteiger partial charge is 0.396 e. The van der Waals surface area contributed by atoms with E-state index < -0.39 is 0 Å². The van der Waals surface area contributed by atoms with E-state index in [2.05, 4.69) is 10.6 Å². The van der Waals surface area contributed by atoms with Crippen LogP contribution in [0.2, 0.25) is 5.02 Å². The molecule has 3 N–H and O–H groups in total. The molecule has 0 aromatic heterocycles. The second-order valence-electron chi connectivity index (χ2n) is 5.30. The first-order valence-electron chi connectivity index (χ1n) is 7.05. The molecule has 2 amide bonds. The van der Waals surface area contributed by atoms with Crippen LogP contribution in [0.25, 0.3) is 0 Å². The van der Waals surface area contributed by atoms with E-state index in [9.17, 15) is 4.79 Å². The van der Waals surface area contributed by atoms with Crippen LogP contribution >= 0.6 is 11.6 Å². The Labute approximate surface area is 124 Å². The van der Waals surface area contributed by atoms with E-state index in [1.165, 1.54) is 6.42 Å². The number of urea groups is 1. The molecule has 1 aliphatic carbocycles. The van der Waals surface area contributed by atoms with Gasteiger partial charge in [-0.15, -0.1) is 0 Å². The summed E-state index contributed by atoms with van der Waals surface area (Å²) in [5.74, 6) is 0. The lowest BCUT2D eigenvalue weighted by Crippen LogP contribution is -2.48. The smallest absolute Gasteiger partial charge is 0.314 e. The van der Waals surface area contributed by atoms with E-state index >= 15 is 0 Å². The molecular formula is C15H21ClN2O2. The van der Waals surface area contributed by atoms with Gasteiger partial charge in [0.25, 0.3) is 0 Å². The molecule has 1 aliphatic rings. The molecule has 1 saturated carbocycles. The van der Waals surface area contributed by atoms with Gasteiger partial charge >= 0.3 is 6.03 Å². The van der Waals surface area contributed by atoms with E-state index in [-0.39, 0.29) is 18.1 Å². The Hall–Kier alpha value is -1.26. The highest BCUT2D eigenvalue weighted by Crippen LogP contribution is 2.45. The number of aliphatic hydroxyl groups is 1. The Morgan fingerprint density at radius 3 is 2.65 bits per heavy atom. The number of halogens is 1. The van der Waals surface area contributed by atoms with E-state index in [0.29, 0.717) is 19.5 Å². The van der Waals surface area contributed by atoms with Crippen LogP contribution in [0.4, 0.5) is 4.79 Å². The van der Waals surface area contributed by atoms with Crippen molar-refractivity contribution < 1.29 is 9.90 Å². The molecule has 20 heavy (non-hydrogen) atoms. The summed E-state index contributed by atoms with van der Waals surface area (Å²) in [4.78, 5) is 11.7. The quantitative estimate of drug-likeness (QED) is 0.706. The minimum atomic E-state index is -0.184. The maximum Gasteiger partial charge on any atom is 0.314 e. The summed E-state index contributed by atoms with van der Waals surface area (Å²) in [6.45, 7) is 1.17. The molecule has 1 aromatic carbocycles. The van der Waals surface area contributed by atoms with E-state index in [1.54, 1.807) is 0 Å². The lowest BCUT2D eigenvalue weighted by Gasteiger charge is -2.43. The van der Waals surface area contributed by atoms with Gasteiger partial charge in [0.05, 0.1) is 0 Å². The summed E-state index contributed by atoms with van der Waals surface area (Å²) in [5, 5.41) is 15.1. The molecule has 0 aliphatic heterocycles. The van der Waals surface area contributed by atoms with Gasteiger partial charge in [0.2, 0.25) is 0 Å². The molecule has 0 unspecified atom stereocenters. The van der Waals surface area contributed by atoms with Crippen molar-refractivity contribution in [2.45, 2.75) is 31.1 Å². The fraction of sp³-hybridized carbons (Fsp3) is 0.533. The lowest BCUT2D eigenvalue weighted by atomic mass is 9.64. The first kappa shape index (κ1) is 15.1. The minimum absolute atomic E-state index is 0.0212. The van der Waals surface area contributed by atoms with Crippen molar-refractivity contribution in [1.82, 2.24) is 10.6 Å². The van der Waals surface area contributed by atoms with E-state index in [1.807, 2.05) is 24.3 Å². The van der Waals surface area contributed by atoms with Gasteiger partial charge in [-0.1, -0.05) is 36.2 Å². The van der Waals surface area contributed by atoms with Crippen LogP contribution in [0.15, 0.2) is 24.3 Å². The Morgan fingerprint density at radius 2 is 2.05 bits per heavy atom. The third kappa shape index (κ3) is 3.44. The van der Waals surface area contributed by atoms with Crippen molar-refractivity contribution in [3.8, 4) is 0 Å². The fourth-order valence-corrected chi connectivity index (χ4v) is 2.97. The van der Waals surface area contributed by atoms with Gasteiger partial charge in [-0.3, -0.25) is 0 Å². The van der Waals surface area contributed by atoms with Gasteiger partial charge < -0.3 is 15.7 Å². The molecule has 0 bridgehead atoms. The first-order valence-corrected chi connectivity index (χ1v) is 7.43. The molecule has 0 saturated heterocycles. The van der Waals surface area contributed by atoms with Crippen LogP contribution in [-0.2, 0) is 5.41 Å². The van der Waals surface area contributed by atoms with Gasteiger partial charge in [0.1, 0.15) is 0 Å². The molecule has 0 heterocycles. The average molecular weight is 297 g/mol. The standard InChI is InChI=1S/C15H21ClN2O2/c16-13-6-2-1-5-12(13)15(7-3-8-15)11-18-14(20)17-9-4-10-19/h1-2,5-6,19H,3-4,7-11H2,(H2,17,18,20). The zero-order chi connectivity index (χ0) is 14.4. The number of carbonyl (C=O) groups excluding carboxylic acids is 1. The highest BCUT2D eigenvalue weighted by atomic mass is 35.5. The molecule has 2 rings (SSSR count). The summed E-state index contributed by atoms with van der Waals surface area (Å²) in [6, 6.07) is 7.68.